The molecule has 152 valence electrons. The maximum Gasteiger partial charge on any atom is 0.295 e. The molecule has 0 saturated heterocycles. The van der Waals surface area contributed by atoms with E-state index in [-0.39, 0.29) is 11.2 Å². The number of nitrogens with one attached hydrogen (secondary N) is 1. The molecule has 8 heteroatoms. The maximum atomic E-state index is 13.0. The Balaban J connectivity index is 1.99. The van der Waals surface area contributed by atoms with Gasteiger partial charge in [-0.3, -0.25) is 14.3 Å². The highest BCUT2D eigenvalue weighted by atomic mass is 79.9. The lowest BCUT2D eigenvalue weighted by molar-refractivity contribution is 0.102. The Hall–Kier alpha value is -3.00. The van der Waals surface area contributed by atoms with Crippen molar-refractivity contribution in [2.24, 2.45) is 7.05 Å². The molecular formula is C21H22BrN3O4. The summed E-state index contributed by atoms with van der Waals surface area (Å²) in [6.45, 7) is 4.05. The molecule has 0 saturated carbocycles. The van der Waals surface area contributed by atoms with Crippen LogP contribution >= 0.6 is 15.9 Å². The molecule has 0 unspecified atom stereocenters. The number of halogens is 1. The summed E-state index contributed by atoms with van der Waals surface area (Å²) < 4.78 is 14.7. The van der Waals surface area contributed by atoms with Gasteiger partial charge in [0.1, 0.15) is 5.69 Å². The molecule has 3 aromatic rings. The van der Waals surface area contributed by atoms with Gasteiger partial charge >= 0.3 is 0 Å². The number of carbonyl (C=O) groups is 1. The Morgan fingerprint density at radius 2 is 1.90 bits per heavy atom. The number of carbonyl (C=O) groups excluding carboxylic acids is 1. The van der Waals surface area contributed by atoms with E-state index in [1.807, 2.05) is 37.3 Å². The predicted octanol–water partition coefficient (Wildman–Crippen LogP) is 3.91. The molecule has 2 aromatic carbocycles. The van der Waals surface area contributed by atoms with Gasteiger partial charge in [0, 0.05) is 12.6 Å². The van der Waals surface area contributed by atoms with E-state index in [2.05, 4.69) is 21.2 Å². The normalized spacial score (nSPS) is 10.7. The van der Waals surface area contributed by atoms with Crippen molar-refractivity contribution in [3.63, 3.8) is 0 Å². The highest BCUT2D eigenvalue weighted by molar-refractivity contribution is 9.10. The van der Waals surface area contributed by atoms with E-state index in [0.717, 1.165) is 5.69 Å². The third-order valence-corrected chi connectivity index (χ3v) is 5.16. The quantitative estimate of drug-likeness (QED) is 0.606. The Morgan fingerprint density at radius 1 is 1.21 bits per heavy atom. The van der Waals surface area contributed by atoms with Crippen LogP contribution < -0.4 is 20.3 Å². The Kier molecular flexibility index (Phi) is 6.12. The summed E-state index contributed by atoms with van der Waals surface area (Å²) in [5.41, 5.74) is 1.63. The molecule has 1 heterocycles. The first-order chi connectivity index (χ1) is 13.9. The third kappa shape index (κ3) is 3.93. The summed E-state index contributed by atoms with van der Waals surface area (Å²) >= 11 is 3.40. The number of nitrogens with zero attached hydrogens (tertiary/aromatic N) is 2. The number of rotatable bonds is 6. The molecule has 0 fully saturated rings. The average Bonchev–Trinajstić information content (AvgIpc) is 2.92. The molecule has 1 aromatic heterocycles. The number of methoxy groups -OCH3 is 1. The van der Waals surface area contributed by atoms with Crippen LogP contribution in [0, 0.1) is 6.92 Å². The highest BCUT2D eigenvalue weighted by Gasteiger charge is 2.21. The second-order valence-corrected chi connectivity index (χ2v) is 7.17. The fourth-order valence-electron chi connectivity index (χ4n) is 3.06. The number of aromatic nitrogens is 2. The van der Waals surface area contributed by atoms with Crippen LogP contribution in [-0.2, 0) is 7.05 Å². The first-order valence-electron chi connectivity index (χ1n) is 9.04. The van der Waals surface area contributed by atoms with E-state index >= 15 is 0 Å². The molecule has 0 bridgehead atoms. The number of para-hydroxylation sites is 1. The topological polar surface area (TPSA) is 74.5 Å². The van der Waals surface area contributed by atoms with Crippen LogP contribution in [0.15, 0.2) is 51.7 Å². The fourth-order valence-corrected chi connectivity index (χ4v) is 3.66. The molecule has 0 atom stereocenters. The number of anilines is 1. The molecule has 1 amide bonds. The van der Waals surface area contributed by atoms with E-state index in [1.165, 1.54) is 11.8 Å². The standard InChI is InChI=1S/C21H22BrN3O4/c1-5-29-17-12-14(11-16(22)19(17)28-4)20(26)23-18-13(2)24(3)25(21(18)27)15-9-7-6-8-10-15/h6-12H,5H2,1-4H3,(H,23,26). The lowest BCUT2D eigenvalue weighted by Crippen LogP contribution is -2.23. The van der Waals surface area contributed by atoms with Gasteiger partial charge in [0.2, 0.25) is 0 Å². The first kappa shape index (κ1) is 20.7. The monoisotopic (exact) mass is 459 g/mol. The smallest absolute Gasteiger partial charge is 0.295 e. The van der Waals surface area contributed by atoms with Gasteiger partial charge in [-0.15, -0.1) is 0 Å². The molecule has 0 radical (unpaired) electrons. The second kappa shape index (κ2) is 8.57. The van der Waals surface area contributed by atoms with E-state index < -0.39 is 5.91 Å². The van der Waals surface area contributed by atoms with Gasteiger partial charge in [-0.2, -0.15) is 0 Å². The lowest BCUT2D eigenvalue weighted by Gasteiger charge is -2.13. The number of hydrogen-bond acceptors (Lipinski definition) is 4. The minimum absolute atomic E-state index is 0.228. The van der Waals surface area contributed by atoms with Crippen molar-refractivity contribution in [1.82, 2.24) is 9.36 Å². The Morgan fingerprint density at radius 3 is 2.52 bits per heavy atom. The molecule has 7 nitrogen and oxygen atoms in total. The van der Waals surface area contributed by atoms with Gasteiger partial charge < -0.3 is 14.8 Å². The summed E-state index contributed by atoms with van der Waals surface area (Å²) in [5, 5.41) is 2.75. The predicted molar refractivity (Wildman–Crippen MR) is 116 cm³/mol. The van der Waals surface area contributed by atoms with Crippen molar-refractivity contribution >= 4 is 27.5 Å². The zero-order valence-corrected chi connectivity index (χ0v) is 18.2. The molecule has 0 spiro atoms. The van der Waals surface area contributed by atoms with Crippen molar-refractivity contribution in [1.29, 1.82) is 0 Å². The third-order valence-electron chi connectivity index (χ3n) is 4.57. The Bertz CT molecular complexity index is 1100. The van der Waals surface area contributed by atoms with E-state index in [9.17, 15) is 9.59 Å². The largest absolute Gasteiger partial charge is 0.492 e. The lowest BCUT2D eigenvalue weighted by atomic mass is 10.2. The highest BCUT2D eigenvalue weighted by Crippen LogP contribution is 2.36. The number of amides is 1. The van der Waals surface area contributed by atoms with E-state index in [1.54, 1.807) is 30.8 Å². The molecule has 0 aliphatic carbocycles. The van der Waals surface area contributed by atoms with Crippen LogP contribution in [0.5, 0.6) is 11.5 Å². The van der Waals surface area contributed by atoms with Crippen LogP contribution in [0.1, 0.15) is 23.0 Å². The summed E-state index contributed by atoms with van der Waals surface area (Å²) in [7, 11) is 3.30. The van der Waals surface area contributed by atoms with Crippen LogP contribution in [0.25, 0.3) is 5.69 Å². The van der Waals surface area contributed by atoms with Crippen molar-refractivity contribution in [2.45, 2.75) is 13.8 Å². The molecule has 0 aliphatic heterocycles. The summed E-state index contributed by atoms with van der Waals surface area (Å²) in [4.78, 5) is 25.9. The SMILES string of the molecule is CCOc1cc(C(=O)Nc2c(C)n(C)n(-c3ccccc3)c2=O)cc(Br)c1OC. The van der Waals surface area contributed by atoms with Gasteiger partial charge in [0.05, 0.1) is 29.6 Å². The molecule has 0 aliphatic rings. The molecule has 29 heavy (non-hydrogen) atoms. The summed E-state index contributed by atoms with van der Waals surface area (Å²) in [5.74, 6) is 0.534. The van der Waals surface area contributed by atoms with Crippen molar-refractivity contribution in [2.75, 3.05) is 19.0 Å². The number of ether oxygens (including phenoxy) is 2. The van der Waals surface area contributed by atoms with E-state index in [4.69, 9.17) is 9.47 Å². The van der Waals surface area contributed by atoms with Crippen LogP contribution in [0.2, 0.25) is 0 Å². The number of hydrogen-bond donors (Lipinski definition) is 1. The van der Waals surface area contributed by atoms with Crippen molar-refractivity contribution < 1.29 is 14.3 Å². The maximum absolute atomic E-state index is 13.0. The second-order valence-electron chi connectivity index (χ2n) is 6.31. The van der Waals surface area contributed by atoms with E-state index in [0.29, 0.717) is 33.8 Å². The van der Waals surface area contributed by atoms with Crippen molar-refractivity contribution in [3.05, 3.63) is 68.5 Å². The van der Waals surface area contributed by atoms with Gasteiger partial charge in [-0.25, -0.2) is 4.68 Å². The zero-order chi connectivity index (χ0) is 21.1. The van der Waals surface area contributed by atoms with Crippen LogP contribution in [-0.4, -0.2) is 29.0 Å². The van der Waals surface area contributed by atoms with Crippen LogP contribution in [0.3, 0.4) is 0 Å². The minimum atomic E-state index is -0.416. The zero-order valence-electron chi connectivity index (χ0n) is 16.7. The minimum Gasteiger partial charge on any atom is -0.492 e. The van der Waals surface area contributed by atoms with Crippen molar-refractivity contribution in [3.8, 4) is 17.2 Å². The molecule has 1 N–H and O–H groups in total. The first-order valence-corrected chi connectivity index (χ1v) is 9.84. The molecule has 3 rings (SSSR count). The van der Waals surface area contributed by atoms with Gasteiger partial charge in [-0.05, 0) is 54.0 Å². The van der Waals surface area contributed by atoms with Crippen LogP contribution in [0.4, 0.5) is 5.69 Å². The van der Waals surface area contributed by atoms with Gasteiger partial charge in [0.15, 0.2) is 11.5 Å². The summed E-state index contributed by atoms with van der Waals surface area (Å²) in [6.07, 6.45) is 0. The van der Waals surface area contributed by atoms with Gasteiger partial charge in [0.25, 0.3) is 11.5 Å². The summed E-state index contributed by atoms with van der Waals surface area (Å²) in [6, 6.07) is 12.5. The fraction of sp³-hybridized carbons (Fsp3) is 0.238. The number of benzene rings is 2. The van der Waals surface area contributed by atoms with Gasteiger partial charge in [-0.1, -0.05) is 18.2 Å². The average molecular weight is 460 g/mol. The molecular weight excluding hydrogens is 438 g/mol. The Labute approximate surface area is 177 Å².